The first kappa shape index (κ1) is 13.6. The quantitative estimate of drug-likeness (QED) is 0.649. The molecule has 5 heteroatoms. The molecule has 0 spiro atoms. The topological polar surface area (TPSA) is 61.4 Å². The Hall–Kier alpha value is -3.08. The largest absolute Gasteiger partial charge is 0.488 e. The molecule has 2 heterocycles. The minimum Gasteiger partial charge on any atom is -0.488 e. The second-order valence-electron chi connectivity index (χ2n) is 5.44. The van der Waals surface area contributed by atoms with Crippen LogP contribution in [0.2, 0.25) is 0 Å². The number of nitrogens with zero attached hydrogens (tertiary/aromatic N) is 1. The minimum absolute atomic E-state index is 0.0403. The van der Waals surface area contributed by atoms with Crippen LogP contribution in [-0.4, -0.2) is 17.0 Å². The van der Waals surface area contributed by atoms with Crippen molar-refractivity contribution in [3.63, 3.8) is 0 Å². The number of aryl methyl sites for hydroxylation is 1. The van der Waals surface area contributed by atoms with Crippen LogP contribution in [0.3, 0.4) is 0 Å². The van der Waals surface area contributed by atoms with Gasteiger partial charge in [-0.15, -0.1) is 0 Å². The SMILES string of the molecule is Cn1c(=O)oc2cc(/C=C3/COc4ccccc4C3=O)ccc21. The Morgan fingerprint density at radius 3 is 2.83 bits per heavy atom. The van der Waals surface area contributed by atoms with E-state index in [0.717, 1.165) is 5.56 Å². The summed E-state index contributed by atoms with van der Waals surface area (Å²) in [7, 11) is 1.65. The van der Waals surface area contributed by atoms with E-state index in [0.29, 0.717) is 28.0 Å². The van der Waals surface area contributed by atoms with Gasteiger partial charge < -0.3 is 9.15 Å². The normalized spacial score (nSPS) is 15.7. The van der Waals surface area contributed by atoms with Gasteiger partial charge in [-0.2, -0.15) is 0 Å². The number of fused-ring (bicyclic) bond motifs is 2. The van der Waals surface area contributed by atoms with E-state index < -0.39 is 5.76 Å². The molecule has 5 nitrogen and oxygen atoms in total. The van der Waals surface area contributed by atoms with E-state index >= 15 is 0 Å². The summed E-state index contributed by atoms with van der Waals surface area (Å²) in [4.78, 5) is 24.1. The minimum atomic E-state index is -0.407. The first-order chi connectivity index (χ1) is 11.1. The van der Waals surface area contributed by atoms with Crippen molar-refractivity contribution in [2.75, 3.05) is 6.61 Å². The summed E-state index contributed by atoms with van der Waals surface area (Å²) in [6.45, 7) is 0.229. The predicted molar refractivity (Wildman–Crippen MR) is 85.7 cm³/mol. The van der Waals surface area contributed by atoms with Gasteiger partial charge in [-0.25, -0.2) is 4.79 Å². The number of para-hydroxylation sites is 1. The summed E-state index contributed by atoms with van der Waals surface area (Å²) >= 11 is 0. The summed E-state index contributed by atoms with van der Waals surface area (Å²) in [5, 5.41) is 0. The van der Waals surface area contributed by atoms with Crippen LogP contribution in [0, 0.1) is 0 Å². The van der Waals surface area contributed by atoms with Crippen LogP contribution in [-0.2, 0) is 7.05 Å². The van der Waals surface area contributed by atoms with Gasteiger partial charge in [0.1, 0.15) is 12.4 Å². The van der Waals surface area contributed by atoms with Crippen LogP contribution in [0.4, 0.5) is 0 Å². The van der Waals surface area contributed by atoms with Gasteiger partial charge in [0.2, 0.25) is 0 Å². The van der Waals surface area contributed by atoms with Gasteiger partial charge in [-0.1, -0.05) is 18.2 Å². The third kappa shape index (κ3) is 2.17. The van der Waals surface area contributed by atoms with Crippen molar-refractivity contribution in [2.24, 2.45) is 7.05 Å². The number of oxazole rings is 1. The number of carbonyl (C=O) groups is 1. The zero-order chi connectivity index (χ0) is 16.0. The first-order valence-corrected chi connectivity index (χ1v) is 7.20. The molecule has 0 radical (unpaired) electrons. The van der Waals surface area contributed by atoms with Crippen molar-refractivity contribution in [2.45, 2.75) is 0 Å². The molecule has 1 aliphatic rings. The van der Waals surface area contributed by atoms with E-state index in [-0.39, 0.29) is 12.4 Å². The third-order valence-electron chi connectivity index (χ3n) is 3.96. The summed E-state index contributed by atoms with van der Waals surface area (Å²) < 4.78 is 12.2. The van der Waals surface area contributed by atoms with E-state index in [4.69, 9.17) is 9.15 Å². The van der Waals surface area contributed by atoms with Crippen molar-refractivity contribution < 1.29 is 13.9 Å². The third-order valence-corrected chi connectivity index (χ3v) is 3.96. The van der Waals surface area contributed by atoms with Crippen molar-refractivity contribution >= 4 is 23.0 Å². The lowest BCUT2D eigenvalue weighted by molar-refractivity contribution is 0.100. The maximum Gasteiger partial charge on any atom is 0.419 e. The van der Waals surface area contributed by atoms with Crippen LogP contribution >= 0.6 is 0 Å². The maximum absolute atomic E-state index is 12.5. The van der Waals surface area contributed by atoms with Gasteiger partial charge in [0, 0.05) is 12.6 Å². The Labute approximate surface area is 131 Å². The molecule has 0 amide bonds. The lowest BCUT2D eigenvalue weighted by Crippen LogP contribution is -2.18. The van der Waals surface area contributed by atoms with Gasteiger partial charge in [-0.05, 0) is 35.9 Å². The fourth-order valence-electron chi connectivity index (χ4n) is 2.72. The zero-order valence-corrected chi connectivity index (χ0v) is 12.4. The fraction of sp³-hybridized carbons (Fsp3) is 0.111. The molecule has 23 heavy (non-hydrogen) atoms. The Morgan fingerprint density at radius 1 is 1.13 bits per heavy atom. The van der Waals surface area contributed by atoms with E-state index in [1.54, 1.807) is 37.4 Å². The van der Waals surface area contributed by atoms with Crippen molar-refractivity contribution in [3.8, 4) is 5.75 Å². The van der Waals surface area contributed by atoms with E-state index in [1.807, 2.05) is 18.2 Å². The van der Waals surface area contributed by atoms with Crippen molar-refractivity contribution in [3.05, 3.63) is 69.7 Å². The molecule has 1 aliphatic heterocycles. The van der Waals surface area contributed by atoms with Crippen LogP contribution in [0.1, 0.15) is 15.9 Å². The maximum atomic E-state index is 12.5. The summed E-state index contributed by atoms with van der Waals surface area (Å²) in [5.74, 6) is 0.163. The van der Waals surface area contributed by atoms with Gasteiger partial charge in [0.15, 0.2) is 11.4 Å². The molecule has 0 saturated carbocycles. The number of Topliss-reactive ketones (excluding diaryl/α,β-unsaturated/α-hetero) is 1. The van der Waals surface area contributed by atoms with Gasteiger partial charge >= 0.3 is 5.76 Å². The highest BCUT2D eigenvalue weighted by Crippen LogP contribution is 2.28. The number of ketones is 1. The van der Waals surface area contributed by atoms with E-state index in [1.165, 1.54) is 4.57 Å². The Morgan fingerprint density at radius 2 is 1.96 bits per heavy atom. The monoisotopic (exact) mass is 307 g/mol. The Bertz CT molecular complexity index is 1020. The molecular formula is C18H13NO4. The Kier molecular flexibility index (Phi) is 2.94. The highest BCUT2D eigenvalue weighted by atomic mass is 16.5. The van der Waals surface area contributed by atoms with Crippen molar-refractivity contribution in [1.29, 1.82) is 0 Å². The van der Waals surface area contributed by atoms with Gasteiger partial charge in [0.25, 0.3) is 0 Å². The van der Waals surface area contributed by atoms with E-state index in [2.05, 4.69) is 0 Å². The molecule has 0 bridgehead atoms. The molecule has 4 rings (SSSR count). The van der Waals surface area contributed by atoms with Crippen LogP contribution in [0.25, 0.3) is 17.2 Å². The van der Waals surface area contributed by atoms with Crippen molar-refractivity contribution in [1.82, 2.24) is 4.57 Å². The van der Waals surface area contributed by atoms with Crippen LogP contribution in [0.15, 0.2) is 57.2 Å². The number of rotatable bonds is 1. The molecule has 0 atom stereocenters. The summed E-state index contributed by atoms with van der Waals surface area (Å²) in [6.07, 6.45) is 1.77. The first-order valence-electron chi connectivity index (χ1n) is 7.20. The average molecular weight is 307 g/mol. The number of hydrogen-bond donors (Lipinski definition) is 0. The number of ether oxygens (including phenoxy) is 1. The van der Waals surface area contributed by atoms with E-state index in [9.17, 15) is 9.59 Å². The molecule has 114 valence electrons. The molecule has 1 aromatic heterocycles. The predicted octanol–water partition coefficient (Wildman–Crippen LogP) is 2.79. The van der Waals surface area contributed by atoms with Crippen LogP contribution < -0.4 is 10.5 Å². The summed E-state index contributed by atoms with van der Waals surface area (Å²) in [5.41, 5.74) is 3.14. The average Bonchev–Trinajstić information content (AvgIpc) is 2.84. The molecule has 0 fully saturated rings. The highest BCUT2D eigenvalue weighted by molar-refractivity contribution is 6.14. The molecule has 0 saturated heterocycles. The molecule has 0 aliphatic carbocycles. The second-order valence-corrected chi connectivity index (χ2v) is 5.44. The number of hydrogen-bond acceptors (Lipinski definition) is 4. The smallest absolute Gasteiger partial charge is 0.419 e. The molecule has 3 aromatic rings. The number of carbonyl (C=O) groups excluding carboxylic acids is 1. The molecule has 0 N–H and O–H groups in total. The second kappa shape index (κ2) is 4.98. The standard InChI is InChI=1S/C18H13NO4/c1-19-14-7-6-11(9-16(14)23-18(19)21)8-12-10-22-15-5-3-2-4-13(15)17(12)20/h2-9H,10H2,1H3/b12-8-. The summed E-state index contributed by atoms with van der Waals surface area (Å²) in [6, 6.07) is 12.6. The fourth-order valence-corrected chi connectivity index (χ4v) is 2.72. The lowest BCUT2D eigenvalue weighted by atomic mass is 9.98. The zero-order valence-electron chi connectivity index (χ0n) is 12.4. The number of benzene rings is 2. The molecule has 2 aromatic carbocycles. The van der Waals surface area contributed by atoms with Crippen LogP contribution in [0.5, 0.6) is 5.75 Å². The molecular weight excluding hydrogens is 294 g/mol. The number of aromatic nitrogens is 1. The van der Waals surface area contributed by atoms with Gasteiger partial charge in [-0.3, -0.25) is 9.36 Å². The molecule has 0 unspecified atom stereocenters. The Balaban J connectivity index is 1.76. The lowest BCUT2D eigenvalue weighted by Gasteiger charge is -2.18. The highest BCUT2D eigenvalue weighted by Gasteiger charge is 2.22. The van der Waals surface area contributed by atoms with Gasteiger partial charge in [0.05, 0.1) is 11.1 Å².